The highest BCUT2D eigenvalue weighted by Crippen LogP contribution is 1.72. The molecule has 5 heteroatoms. The number of nitrogens with zero attached hydrogens (tertiary/aromatic N) is 1. The second kappa shape index (κ2) is 4.21. The summed E-state index contributed by atoms with van der Waals surface area (Å²) in [5, 5.41) is 9.57. The molecule has 0 aliphatic rings. The van der Waals surface area contributed by atoms with Gasteiger partial charge in [-0.2, -0.15) is 5.26 Å². The quantitative estimate of drug-likeness (QED) is 0.383. The van der Waals surface area contributed by atoms with Gasteiger partial charge in [0.1, 0.15) is 6.42 Å². The van der Waals surface area contributed by atoms with E-state index in [1.807, 2.05) is 0 Å². The van der Waals surface area contributed by atoms with Crippen molar-refractivity contribution in [1.29, 1.82) is 5.26 Å². The number of hydrogen-bond acceptors (Lipinski definition) is 4. The molecule has 2 amide bonds. The minimum absolute atomic E-state index is 0.0325. The Kier molecular flexibility index (Phi) is 3.49. The van der Waals surface area contributed by atoms with Gasteiger partial charge in [-0.1, -0.05) is 0 Å². The van der Waals surface area contributed by atoms with E-state index >= 15 is 0 Å². The normalized spacial score (nSPS) is 7.50. The molecule has 0 saturated carbocycles. The molecule has 1 N–H and O–H groups in total. The van der Waals surface area contributed by atoms with Gasteiger partial charge in [-0.15, -0.1) is 0 Å². The van der Waals surface area contributed by atoms with E-state index in [-0.39, 0.29) is 6.29 Å². The van der Waals surface area contributed by atoms with Crippen LogP contribution in [0.4, 0.5) is 0 Å². The summed E-state index contributed by atoms with van der Waals surface area (Å²) < 4.78 is 0. The smallest absolute Gasteiger partial charge is 0.290 e. The van der Waals surface area contributed by atoms with Gasteiger partial charge in [0.05, 0.1) is 6.07 Å². The van der Waals surface area contributed by atoms with Crippen LogP contribution in [0.15, 0.2) is 0 Å². The Morgan fingerprint density at radius 2 is 2.20 bits per heavy atom. The molecule has 0 spiro atoms. The molecule has 0 atom stereocenters. The maximum absolute atomic E-state index is 10.3. The van der Waals surface area contributed by atoms with E-state index in [0.717, 1.165) is 0 Å². The third-order valence-corrected chi connectivity index (χ3v) is 0.609. The summed E-state index contributed by atoms with van der Waals surface area (Å²) in [5.74, 6) is -1.79. The molecule has 5 nitrogen and oxygen atoms in total. The molecular weight excluding hydrogens is 136 g/mol. The molecule has 0 aliphatic carbocycles. The Morgan fingerprint density at radius 1 is 1.60 bits per heavy atom. The predicted octanol–water partition coefficient (Wildman–Crippen LogP) is -1.26. The maximum atomic E-state index is 10.3. The summed E-state index contributed by atoms with van der Waals surface area (Å²) in [6.45, 7) is 0. The van der Waals surface area contributed by atoms with Crippen LogP contribution in [0, 0.1) is 11.3 Å². The Labute approximate surface area is 56.6 Å². The number of carbonyl (C=O) groups is 3. The summed E-state index contributed by atoms with van der Waals surface area (Å²) in [6.07, 6.45) is -0.450. The van der Waals surface area contributed by atoms with Crippen molar-refractivity contribution < 1.29 is 14.4 Å². The highest BCUT2D eigenvalue weighted by atomic mass is 16.2. The Morgan fingerprint density at radius 3 is 2.60 bits per heavy atom. The molecule has 0 rings (SSSR count). The van der Waals surface area contributed by atoms with Gasteiger partial charge < -0.3 is 0 Å². The summed E-state index contributed by atoms with van der Waals surface area (Å²) in [5.41, 5.74) is 0. The van der Waals surface area contributed by atoms with Crippen molar-refractivity contribution >= 4 is 18.1 Å². The lowest BCUT2D eigenvalue weighted by Gasteiger charge is -1.90. The van der Waals surface area contributed by atoms with Crippen molar-refractivity contribution in [3.05, 3.63) is 0 Å². The highest BCUT2D eigenvalue weighted by Gasteiger charge is 2.03. The molecule has 0 aromatic heterocycles. The number of carbonyl (C=O) groups excluding carboxylic acids is 3. The van der Waals surface area contributed by atoms with E-state index in [1.54, 1.807) is 5.32 Å². The minimum atomic E-state index is -1.03. The lowest BCUT2D eigenvalue weighted by Crippen LogP contribution is -2.30. The standard InChI is InChI=1S/C5H4N2O3/c6-2-1-4(9)7-5(10)3-8/h3H,1H2,(H,7,9,10). The number of nitriles is 1. The third kappa shape index (κ3) is 3.32. The van der Waals surface area contributed by atoms with Crippen LogP contribution in [0.2, 0.25) is 0 Å². The number of amides is 2. The monoisotopic (exact) mass is 140 g/mol. The van der Waals surface area contributed by atoms with Crippen LogP contribution >= 0.6 is 0 Å². The van der Waals surface area contributed by atoms with Crippen molar-refractivity contribution in [3.63, 3.8) is 0 Å². The number of aldehydes is 1. The molecule has 10 heavy (non-hydrogen) atoms. The topological polar surface area (TPSA) is 87.0 Å². The Balaban J connectivity index is 3.71. The maximum Gasteiger partial charge on any atom is 0.290 e. The molecule has 0 radical (unpaired) electrons. The zero-order valence-electron chi connectivity index (χ0n) is 4.96. The van der Waals surface area contributed by atoms with Crippen LogP contribution in [0.1, 0.15) is 6.42 Å². The number of nitrogens with one attached hydrogen (secondary N) is 1. The zero-order chi connectivity index (χ0) is 7.98. The summed E-state index contributed by atoms with van der Waals surface area (Å²) in [4.78, 5) is 30.0. The van der Waals surface area contributed by atoms with Crippen LogP contribution in [-0.2, 0) is 14.4 Å². The molecule has 0 saturated heterocycles. The number of rotatable bonds is 2. The highest BCUT2D eigenvalue weighted by molar-refractivity contribution is 6.27. The van der Waals surface area contributed by atoms with Crippen LogP contribution in [0.25, 0.3) is 0 Å². The SMILES string of the molecule is N#CCC(=O)NC(=O)C=O. The fourth-order valence-corrected chi connectivity index (χ4v) is 0.283. The van der Waals surface area contributed by atoms with Crippen molar-refractivity contribution in [3.8, 4) is 6.07 Å². The largest absolute Gasteiger partial charge is 0.292 e. The molecule has 0 fully saturated rings. The minimum Gasteiger partial charge on any atom is -0.292 e. The molecule has 0 aromatic carbocycles. The van der Waals surface area contributed by atoms with Gasteiger partial charge in [0, 0.05) is 0 Å². The fraction of sp³-hybridized carbons (Fsp3) is 0.200. The van der Waals surface area contributed by atoms with Crippen molar-refractivity contribution in [1.82, 2.24) is 5.32 Å². The molecule has 0 aliphatic heterocycles. The zero-order valence-corrected chi connectivity index (χ0v) is 4.96. The first-order valence-corrected chi connectivity index (χ1v) is 2.36. The van der Waals surface area contributed by atoms with Gasteiger partial charge in [-0.05, 0) is 0 Å². The van der Waals surface area contributed by atoms with Crippen molar-refractivity contribution in [2.45, 2.75) is 6.42 Å². The van der Waals surface area contributed by atoms with Crippen LogP contribution in [0.3, 0.4) is 0 Å². The lowest BCUT2D eigenvalue weighted by atomic mass is 10.4. The van der Waals surface area contributed by atoms with Gasteiger partial charge in [0.2, 0.25) is 12.2 Å². The summed E-state index contributed by atoms with van der Waals surface area (Å²) >= 11 is 0. The Bertz CT molecular complexity index is 203. The molecular formula is C5H4N2O3. The van der Waals surface area contributed by atoms with Gasteiger partial charge in [-0.3, -0.25) is 19.7 Å². The summed E-state index contributed by atoms with van der Waals surface area (Å²) in [7, 11) is 0. The first-order valence-electron chi connectivity index (χ1n) is 2.36. The molecule has 0 bridgehead atoms. The molecule has 0 unspecified atom stereocenters. The molecule has 0 aromatic rings. The van der Waals surface area contributed by atoms with Gasteiger partial charge in [-0.25, -0.2) is 0 Å². The molecule has 52 valence electrons. The van der Waals surface area contributed by atoms with E-state index in [4.69, 9.17) is 5.26 Å². The average molecular weight is 140 g/mol. The lowest BCUT2D eigenvalue weighted by molar-refractivity contribution is -0.135. The predicted molar refractivity (Wildman–Crippen MR) is 29.4 cm³/mol. The van der Waals surface area contributed by atoms with Crippen molar-refractivity contribution in [2.24, 2.45) is 0 Å². The molecule has 0 heterocycles. The summed E-state index contributed by atoms with van der Waals surface area (Å²) in [6, 6.07) is 1.52. The van der Waals surface area contributed by atoms with E-state index in [2.05, 4.69) is 0 Å². The average Bonchev–Trinajstić information content (AvgIpc) is 1.88. The fourth-order valence-electron chi connectivity index (χ4n) is 0.283. The van der Waals surface area contributed by atoms with E-state index < -0.39 is 18.2 Å². The van der Waals surface area contributed by atoms with E-state index in [0.29, 0.717) is 0 Å². The van der Waals surface area contributed by atoms with E-state index in [9.17, 15) is 14.4 Å². The van der Waals surface area contributed by atoms with E-state index in [1.165, 1.54) is 6.07 Å². The second-order valence-electron chi connectivity index (χ2n) is 1.37. The Hall–Kier alpha value is -1.70. The number of imide groups is 1. The van der Waals surface area contributed by atoms with Crippen LogP contribution in [0.5, 0.6) is 0 Å². The number of hydrogen-bond donors (Lipinski definition) is 1. The van der Waals surface area contributed by atoms with Crippen LogP contribution in [-0.4, -0.2) is 18.1 Å². The van der Waals surface area contributed by atoms with Crippen molar-refractivity contribution in [2.75, 3.05) is 0 Å². The van der Waals surface area contributed by atoms with Gasteiger partial charge >= 0.3 is 0 Å². The third-order valence-electron chi connectivity index (χ3n) is 0.609. The first kappa shape index (κ1) is 8.30. The second-order valence-corrected chi connectivity index (χ2v) is 1.37. The van der Waals surface area contributed by atoms with Gasteiger partial charge in [0.15, 0.2) is 0 Å². The van der Waals surface area contributed by atoms with Crippen LogP contribution < -0.4 is 5.32 Å². The van der Waals surface area contributed by atoms with Gasteiger partial charge in [0.25, 0.3) is 5.91 Å². The first-order chi connectivity index (χ1) is 4.70.